The number of fused-ring (bicyclic) bond motifs is 1. The van der Waals surface area contributed by atoms with Crippen LogP contribution in [0, 0.1) is 13.8 Å². The standard InChI is InChI=1S/C30H37BrN8O3S/c1-5-43(41,42)38-10-9-22(18-38)33-26-25(31)17-32-29-27(26)34-28(35-29)24-15-19(2)39(20(24)3)23-8-6-7-21(16-23)30(40)37-13-11-36(4)12-14-37/h6-8,15-17,22H,5,9-14,18H2,1-4H3,(H2,32,33,34,35)/t22-/m0/s1. The van der Waals surface area contributed by atoms with Gasteiger partial charge < -0.3 is 24.7 Å². The van der Waals surface area contributed by atoms with Crippen LogP contribution in [0.5, 0.6) is 0 Å². The van der Waals surface area contributed by atoms with Crippen LogP contribution < -0.4 is 5.32 Å². The van der Waals surface area contributed by atoms with Crippen molar-refractivity contribution in [3.05, 3.63) is 58.0 Å². The monoisotopic (exact) mass is 668 g/mol. The van der Waals surface area contributed by atoms with Gasteiger partial charge in [-0.3, -0.25) is 4.79 Å². The van der Waals surface area contributed by atoms with Gasteiger partial charge in [-0.25, -0.2) is 18.4 Å². The first-order valence-corrected chi connectivity index (χ1v) is 17.0. The molecule has 2 fully saturated rings. The van der Waals surface area contributed by atoms with E-state index in [1.54, 1.807) is 17.4 Å². The molecule has 3 aromatic heterocycles. The molecule has 6 rings (SSSR count). The van der Waals surface area contributed by atoms with Gasteiger partial charge >= 0.3 is 0 Å². The van der Waals surface area contributed by atoms with E-state index in [0.29, 0.717) is 36.5 Å². The molecule has 13 heteroatoms. The Hall–Kier alpha value is -3.26. The lowest BCUT2D eigenvalue weighted by molar-refractivity contribution is 0.0664. The van der Waals surface area contributed by atoms with Crippen LogP contribution >= 0.6 is 15.9 Å². The molecule has 2 aliphatic heterocycles. The molecule has 0 saturated carbocycles. The zero-order chi connectivity index (χ0) is 30.5. The second-order valence-corrected chi connectivity index (χ2v) is 14.5. The molecule has 0 spiro atoms. The number of hydrogen-bond donors (Lipinski definition) is 2. The van der Waals surface area contributed by atoms with Gasteiger partial charge in [-0.05, 0) is 74.4 Å². The highest BCUT2D eigenvalue weighted by atomic mass is 79.9. The number of sulfonamides is 1. The van der Waals surface area contributed by atoms with Crippen molar-refractivity contribution >= 4 is 48.7 Å². The van der Waals surface area contributed by atoms with E-state index in [0.717, 1.165) is 64.5 Å². The number of aryl methyl sites for hydroxylation is 1. The van der Waals surface area contributed by atoms with Crippen LogP contribution in [0.25, 0.3) is 28.2 Å². The van der Waals surface area contributed by atoms with E-state index in [1.165, 1.54) is 0 Å². The largest absolute Gasteiger partial charge is 0.378 e. The predicted molar refractivity (Wildman–Crippen MR) is 172 cm³/mol. The summed E-state index contributed by atoms with van der Waals surface area (Å²) in [5, 5.41) is 3.54. The van der Waals surface area contributed by atoms with Gasteiger partial charge in [0.2, 0.25) is 10.0 Å². The lowest BCUT2D eigenvalue weighted by Gasteiger charge is -2.32. The fraction of sp³-hybridized carbons (Fsp3) is 0.433. The number of aromatic nitrogens is 4. The average molecular weight is 670 g/mol. The Labute approximate surface area is 260 Å². The molecule has 0 unspecified atom stereocenters. The third-order valence-electron chi connectivity index (χ3n) is 8.56. The second kappa shape index (κ2) is 11.7. The van der Waals surface area contributed by atoms with Gasteiger partial charge in [-0.15, -0.1) is 0 Å². The van der Waals surface area contributed by atoms with Crippen molar-refractivity contribution in [3.8, 4) is 17.1 Å². The molecule has 5 heterocycles. The summed E-state index contributed by atoms with van der Waals surface area (Å²) in [5.41, 5.74) is 6.70. The normalized spacial score (nSPS) is 18.5. The van der Waals surface area contributed by atoms with Crippen molar-refractivity contribution in [1.29, 1.82) is 0 Å². The van der Waals surface area contributed by atoms with E-state index >= 15 is 0 Å². The summed E-state index contributed by atoms with van der Waals surface area (Å²) in [5.74, 6) is 0.848. The van der Waals surface area contributed by atoms with Crippen molar-refractivity contribution in [2.45, 2.75) is 33.2 Å². The molecule has 2 saturated heterocycles. The van der Waals surface area contributed by atoms with Crippen molar-refractivity contribution in [3.63, 3.8) is 0 Å². The van der Waals surface area contributed by atoms with E-state index in [-0.39, 0.29) is 17.7 Å². The first-order valence-electron chi connectivity index (χ1n) is 14.6. The highest BCUT2D eigenvalue weighted by Crippen LogP contribution is 2.34. The number of anilines is 1. The zero-order valence-corrected chi connectivity index (χ0v) is 27.3. The predicted octanol–water partition coefficient (Wildman–Crippen LogP) is 4.02. The summed E-state index contributed by atoms with van der Waals surface area (Å²) >= 11 is 3.63. The topological polar surface area (TPSA) is 119 Å². The Bertz CT molecular complexity index is 1790. The summed E-state index contributed by atoms with van der Waals surface area (Å²) in [6.45, 7) is 9.92. The van der Waals surface area contributed by atoms with E-state index in [4.69, 9.17) is 4.98 Å². The first kappa shape index (κ1) is 29.8. The van der Waals surface area contributed by atoms with Gasteiger partial charge in [-0.1, -0.05) is 6.07 Å². The molecule has 4 aromatic rings. The minimum absolute atomic E-state index is 0.0270. The van der Waals surface area contributed by atoms with Crippen molar-refractivity contribution < 1.29 is 13.2 Å². The number of halogens is 1. The van der Waals surface area contributed by atoms with E-state index < -0.39 is 10.0 Å². The molecule has 228 valence electrons. The number of carbonyl (C=O) groups is 1. The number of hydrogen-bond acceptors (Lipinski definition) is 7. The summed E-state index contributed by atoms with van der Waals surface area (Å²) < 4.78 is 29.2. The second-order valence-electron chi connectivity index (χ2n) is 11.4. The Morgan fingerprint density at radius 1 is 1.14 bits per heavy atom. The molecule has 2 aliphatic rings. The number of aromatic amines is 1. The number of H-pyrrole nitrogens is 1. The van der Waals surface area contributed by atoms with Crippen LogP contribution in [-0.4, -0.2) is 106 Å². The van der Waals surface area contributed by atoms with Gasteiger partial charge in [0, 0.05) is 79.7 Å². The lowest BCUT2D eigenvalue weighted by Crippen LogP contribution is -2.47. The maximum absolute atomic E-state index is 13.3. The number of nitrogens with one attached hydrogen (secondary N) is 2. The van der Waals surface area contributed by atoms with Gasteiger partial charge in [0.05, 0.1) is 15.9 Å². The number of rotatable bonds is 7. The molecule has 1 atom stereocenters. The molecule has 0 radical (unpaired) electrons. The zero-order valence-electron chi connectivity index (χ0n) is 24.9. The Balaban J connectivity index is 1.29. The van der Waals surface area contributed by atoms with Crippen LogP contribution in [0.2, 0.25) is 0 Å². The quantitative estimate of drug-likeness (QED) is 0.305. The van der Waals surface area contributed by atoms with Crippen LogP contribution in [-0.2, 0) is 10.0 Å². The Kier molecular flexibility index (Phi) is 8.09. The molecule has 2 N–H and O–H groups in total. The van der Waals surface area contributed by atoms with Crippen molar-refractivity contribution in [2.75, 3.05) is 57.4 Å². The molecule has 11 nitrogen and oxygen atoms in total. The number of likely N-dealkylation sites (N-methyl/N-ethyl adjacent to an activating group) is 1. The minimum atomic E-state index is -3.23. The lowest BCUT2D eigenvalue weighted by atomic mass is 10.1. The smallest absolute Gasteiger partial charge is 0.254 e. The van der Waals surface area contributed by atoms with Crippen molar-refractivity contribution in [2.24, 2.45) is 0 Å². The first-order chi connectivity index (χ1) is 20.6. The summed E-state index contributed by atoms with van der Waals surface area (Å²) in [6.07, 6.45) is 2.44. The number of pyridine rings is 1. The number of piperazine rings is 1. The van der Waals surface area contributed by atoms with Gasteiger partial charge in [0.25, 0.3) is 5.91 Å². The number of benzene rings is 1. The van der Waals surface area contributed by atoms with Crippen LogP contribution in [0.4, 0.5) is 5.69 Å². The highest BCUT2D eigenvalue weighted by Gasteiger charge is 2.31. The van der Waals surface area contributed by atoms with Gasteiger partial charge in [0.1, 0.15) is 11.3 Å². The van der Waals surface area contributed by atoms with Crippen LogP contribution in [0.1, 0.15) is 35.1 Å². The molecule has 1 amide bonds. The van der Waals surface area contributed by atoms with Crippen LogP contribution in [0.3, 0.4) is 0 Å². The maximum Gasteiger partial charge on any atom is 0.254 e. The average Bonchev–Trinajstić information content (AvgIpc) is 3.72. The number of imidazole rings is 1. The van der Waals surface area contributed by atoms with Crippen molar-refractivity contribution in [1.82, 2.24) is 33.6 Å². The fourth-order valence-electron chi connectivity index (χ4n) is 6.06. The van der Waals surface area contributed by atoms with Gasteiger partial charge in [0.15, 0.2) is 5.65 Å². The molecule has 0 bridgehead atoms. The van der Waals surface area contributed by atoms with E-state index in [9.17, 15) is 13.2 Å². The highest BCUT2D eigenvalue weighted by molar-refractivity contribution is 9.10. The number of amides is 1. The maximum atomic E-state index is 13.3. The molecule has 0 aliphatic carbocycles. The molecular weight excluding hydrogens is 632 g/mol. The SMILES string of the molecule is CCS(=O)(=O)N1CC[C@H](Nc2c(Br)cnc3nc(-c4cc(C)n(-c5cccc(C(=O)N6CCN(C)CC6)c5)c4C)[nH]c23)C1. The Morgan fingerprint density at radius 2 is 1.91 bits per heavy atom. The van der Waals surface area contributed by atoms with E-state index in [1.807, 2.05) is 43.0 Å². The summed E-state index contributed by atoms with van der Waals surface area (Å²) in [4.78, 5) is 30.3. The minimum Gasteiger partial charge on any atom is -0.378 e. The molecular formula is C30H37BrN8O3S. The molecule has 43 heavy (non-hydrogen) atoms. The third kappa shape index (κ3) is 5.70. The summed E-state index contributed by atoms with van der Waals surface area (Å²) in [7, 11) is -1.15. The third-order valence-corrected chi connectivity index (χ3v) is 11.0. The molecule has 1 aromatic carbocycles. The number of nitrogens with zero attached hydrogens (tertiary/aromatic N) is 6. The Morgan fingerprint density at radius 3 is 2.65 bits per heavy atom. The van der Waals surface area contributed by atoms with E-state index in [2.05, 4.69) is 53.8 Å². The number of carbonyl (C=O) groups excluding carboxylic acids is 1. The van der Waals surface area contributed by atoms with Gasteiger partial charge in [-0.2, -0.15) is 4.31 Å². The summed E-state index contributed by atoms with van der Waals surface area (Å²) in [6, 6.07) is 9.88. The fourth-order valence-corrected chi connectivity index (χ4v) is 7.63. The van der Waals surface area contributed by atoms with Crippen LogP contribution in [0.15, 0.2) is 41.0 Å².